The van der Waals surface area contributed by atoms with Crippen LogP contribution in [-0.4, -0.2) is 5.96 Å². The van der Waals surface area contributed by atoms with E-state index in [0.717, 1.165) is 0 Å². The van der Waals surface area contributed by atoms with E-state index in [1.807, 2.05) is 0 Å². The maximum atomic E-state index is 4.58. The van der Waals surface area contributed by atoms with Crippen LogP contribution in [0.15, 0.2) is 0 Å². The summed E-state index contributed by atoms with van der Waals surface area (Å²) in [5, 5.41) is 4.58. The maximum absolute atomic E-state index is 4.58. The fourth-order valence-corrected chi connectivity index (χ4v) is 0. The number of guanidine groups is 1. The molecule has 0 fully saturated rings. The summed E-state index contributed by atoms with van der Waals surface area (Å²) >= 11 is 0. The Kier molecular flexibility index (Phi) is 0.722. The van der Waals surface area contributed by atoms with E-state index in [1.165, 1.54) is 0 Å². The molecule has 0 aliphatic heterocycles. The van der Waals surface area contributed by atoms with Crippen molar-refractivity contribution in [3.05, 3.63) is 0 Å². The van der Waals surface area contributed by atoms with Crippen LogP contribution >= 0.6 is 0 Å². The molecule has 0 aromatic carbocycles. The van der Waals surface area contributed by atoms with Gasteiger partial charge in [-0.05, 0) is 0 Å². The van der Waals surface area contributed by atoms with Gasteiger partial charge in [-0.15, -0.1) is 0 Å². The molecule has 6 N–H and O–H groups in total. The maximum Gasteiger partial charge on any atom is 0.482 e. The van der Waals surface area contributed by atoms with Gasteiger partial charge >= 0.3 is 5.96 Å². The van der Waals surface area contributed by atoms with Crippen molar-refractivity contribution >= 4 is 5.96 Å². The molecule has 23 valence electrons. The average Bonchev–Trinajstić information content (AvgIpc) is 0.811. The Morgan fingerprint density at radius 1 is 1.75 bits per heavy atom. The molecule has 0 aromatic heterocycles. The third kappa shape index (κ3) is 0.814. The van der Waals surface area contributed by atoms with Crippen LogP contribution in [-0.2, 0) is 0 Å². The molecule has 0 aliphatic rings. The third-order valence-corrected chi connectivity index (χ3v) is 0. The Hall–Kier alpha value is -0.570. The monoisotopic (exact) mass is 60.1 g/mol. The van der Waals surface area contributed by atoms with Gasteiger partial charge in [0, 0.05) is 0 Å². The van der Waals surface area contributed by atoms with Gasteiger partial charge in [-0.25, -0.2) is 11.1 Å². The van der Waals surface area contributed by atoms with E-state index in [4.69, 9.17) is 0 Å². The summed E-state index contributed by atoms with van der Waals surface area (Å²) in [7, 11) is 0. The minimum atomic E-state index is -0.0833. The minimum absolute atomic E-state index is 0.0833. The van der Waals surface area contributed by atoms with Crippen molar-refractivity contribution in [3.63, 3.8) is 0 Å². The van der Waals surface area contributed by atoms with Crippen LogP contribution in [0.4, 0.5) is 0 Å². The van der Waals surface area contributed by atoms with Gasteiger partial charge in [0.2, 0.25) is 0 Å². The average molecular weight is 60.1 g/mol. The molecule has 0 aromatic rings. The SMILES string of the molecule is NC([NH2+])=[NH2+]. The predicted octanol–water partition coefficient (Wildman–Crippen LogP) is -3.91. The van der Waals surface area contributed by atoms with Gasteiger partial charge in [0.15, 0.2) is 0 Å². The van der Waals surface area contributed by atoms with Crippen LogP contribution in [0.3, 0.4) is 0 Å². The normalized spacial score (nSPS) is 6.25. The Morgan fingerprint density at radius 3 is 1.75 bits per heavy atom. The summed E-state index contributed by atoms with van der Waals surface area (Å²) in [6, 6.07) is 0. The van der Waals surface area contributed by atoms with E-state index in [2.05, 4.69) is 16.9 Å². The summed E-state index contributed by atoms with van der Waals surface area (Å²) in [5.41, 5.74) is 9.17. The Balaban J connectivity index is 2.80. The van der Waals surface area contributed by atoms with Gasteiger partial charge in [-0.1, -0.05) is 5.73 Å². The summed E-state index contributed by atoms with van der Waals surface area (Å²) < 4.78 is 0. The van der Waals surface area contributed by atoms with Gasteiger partial charge in [-0.2, -0.15) is 0 Å². The molecule has 0 aliphatic carbocycles. The number of hydrogen-bond acceptors (Lipinski definition) is 0. The minimum Gasteiger partial charge on any atom is -0.234 e. The van der Waals surface area contributed by atoms with Crippen LogP contribution in [0.5, 0.6) is 0 Å². The van der Waals surface area contributed by atoms with Crippen LogP contribution in [0.1, 0.15) is 0 Å². The molecule has 0 spiro atoms. The summed E-state index contributed by atoms with van der Waals surface area (Å²) in [6.45, 7) is 0. The first-order chi connectivity index (χ1) is 1.73. The Bertz CT molecular complexity index is 26.3. The second kappa shape index (κ2) is 0.842. The van der Waals surface area contributed by atoms with Crippen molar-refractivity contribution in [2.24, 2.45) is 5.73 Å². The second-order valence-electron chi connectivity index (χ2n) is 0.500. The van der Waals surface area contributed by atoms with E-state index in [0.29, 0.717) is 0 Å². The number of nitrogens with two attached hydrogens (primary N) is 3. The first-order valence-corrected chi connectivity index (χ1v) is 0.866. The lowest BCUT2D eigenvalue weighted by Crippen LogP contribution is -2.74. The lowest BCUT2D eigenvalue weighted by atomic mass is 11.1. The second-order valence-corrected chi connectivity index (χ2v) is 0.500. The molecule has 0 saturated heterocycles. The van der Waals surface area contributed by atoms with E-state index in [1.54, 1.807) is 0 Å². The fraction of sp³-hybridized carbons (Fsp3) is 0. The molecule has 0 bridgehead atoms. The van der Waals surface area contributed by atoms with Crippen LogP contribution in [0, 0.1) is 0 Å². The first-order valence-electron chi connectivity index (χ1n) is 0.866. The van der Waals surface area contributed by atoms with Gasteiger partial charge < -0.3 is 0 Å². The van der Waals surface area contributed by atoms with E-state index in [-0.39, 0.29) is 5.96 Å². The van der Waals surface area contributed by atoms with Crippen molar-refractivity contribution in [3.8, 4) is 0 Å². The van der Waals surface area contributed by atoms with Gasteiger partial charge in [-0.3, -0.25) is 0 Å². The van der Waals surface area contributed by atoms with Crippen molar-refractivity contribution < 1.29 is 11.1 Å². The first kappa shape index (κ1) is 3.43. The zero-order valence-electron chi connectivity index (χ0n) is 2.23. The third-order valence-electron chi connectivity index (χ3n) is 0. The highest BCUT2D eigenvalue weighted by atomic mass is 14.9. The van der Waals surface area contributed by atoms with Crippen molar-refractivity contribution in [1.82, 2.24) is 0 Å². The number of rotatable bonds is 0. The molecular weight excluding hydrogens is 54.0 g/mol. The molecule has 0 rings (SSSR count). The molecule has 0 saturated carbocycles. The molecule has 0 atom stereocenters. The zero-order chi connectivity index (χ0) is 3.58. The van der Waals surface area contributed by atoms with Crippen molar-refractivity contribution in [2.75, 3.05) is 0 Å². The molecule has 3 nitrogen and oxygen atoms in total. The highest BCUT2D eigenvalue weighted by Crippen LogP contribution is 0.812. The molecule has 3 heteroatoms. The Morgan fingerprint density at radius 2 is 1.75 bits per heavy atom. The molecule has 4 heavy (non-hydrogen) atoms. The topological polar surface area (TPSA) is 76.9 Å². The Labute approximate surface area is 24.1 Å². The van der Waals surface area contributed by atoms with E-state index in [9.17, 15) is 0 Å². The summed E-state index contributed by atoms with van der Waals surface area (Å²) in [6.07, 6.45) is 0. The van der Waals surface area contributed by atoms with Crippen LogP contribution in [0.25, 0.3) is 0 Å². The smallest absolute Gasteiger partial charge is 0.234 e. The molecule has 1 radical (unpaired) electrons. The highest BCUT2D eigenvalue weighted by Gasteiger charge is 1.77. The highest BCUT2D eigenvalue weighted by molar-refractivity contribution is 5.58. The standard InChI is InChI=1S/CH5N3/c2-1(3)4/h2H2,(H3,3,4)/q+1/p+1. The van der Waals surface area contributed by atoms with Gasteiger partial charge in [0.05, 0.1) is 0 Å². The quantitative estimate of drug-likeness (QED) is 0.194. The predicted molar refractivity (Wildman–Crippen MR) is 13.0 cm³/mol. The number of hydrogen-bond donors (Lipinski definition) is 3. The lowest BCUT2D eigenvalue weighted by Gasteiger charge is -1.46. The lowest BCUT2D eigenvalue weighted by molar-refractivity contribution is -0.304. The fourth-order valence-electron chi connectivity index (χ4n) is 0. The summed E-state index contributed by atoms with van der Waals surface area (Å²) in [5.74, 6) is -0.0833. The molecule has 0 amide bonds. The van der Waals surface area contributed by atoms with Crippen molar-refractivity contribution in [2.45, 2.75) is 0 Å². The zero-order valence-corrected chi connectivity index (χ0v) is 2.23. The largest absolute Gasteiger partial charge is 0.482 e. The van der Waals surface area contributed by atoms with Crippen molar-refractivity contribution in [1.29, 1.82) is 0 Å². The summed E-state index contributed by atoms with van der Waals surface area (Å²) in [4.78, 5) is 0. The molecular formula is CH6N3+2. The van der Waals surface area contributed by atoms with Crippen LogP contribution in [0.2, 0.25) is 0 Å². The van der Waals surface area contributed by atoms with Gasteiger partial charge in [0.1, 0.15) is 0 Å². The molecule has 0 unspecified atom stereocenters. The molecule has 0 heterocycles. The van der Waals surface area contributed by atoms with Gasteiger partial charge in [0.25, 0.3) is 0 Å². The van der Waals surface area contributed by atoms with E-state index < -0.39 is 0 Å². The van der Waals surface area contributed by atoms with Crippen LogP contribution < -0.4 is 16.9 Å². The van der Waals surface area contributed by atoms with E-state index >= 15 is 0 Å².